The first-order valence-electron chi connectivity index (χ1n) is 5.82. The Balaban J connectivity index is 2.33. The smallest absolute Gasteiger partial charge is 0.331 e. The topological polar surface area (TPSA) is 93.0 Å². The third-order valence-corrected chi connectivity index (χ3v) is 2.86. The minimum atomic E-state index is -0.571. The SMILES string of the molecule is CN(C)C(=O)CN1CC(=O)Oc2cc([N+](=O)[O-])ccc21. The summed E-state index contributed by atoms with van der Waals surface area (Å²) < 4.78 is 4.98. The maximum absolute atomic E-state index is 11.7. The number of rotatable bonds is 3. The Morgan fingerprint density at radius 1 is 1.50 bits per heavy atom. The molecule has 1 aliphatic heterocycles. The maximum Gasteiger partial charge on any atom is 0.331 e. The first-order valence-corrected chi connectivity index (χ1v) is 5.82. The summed E-state index contributed by atoms with van der Waals surface area (Å²) in [4.78, 5) is 36.3. The van der Waals surface area contributed by atoms with E-state index in [2.05, 4.69) is 0 Å². The highest BCUT2D eigenvalue weighted by atomic mass is 16.6. The summed E-state index contributed by atoms with van der Waals surface area (Å²) in [5.74, 6) is -0.629. The number of hydrogen-bond donors (Lipinski definition) is 0. The average molecular weight is 279 g/mol. The molecule has 0 saturated heterocycles. The molecule has 8 nitrogen and oxygen atoms in total. The number of benzene rings is 1. The monoisotopic (exact) mass is 279 g/mol. The van der Waals surface area contributed by atoms with Gasteiger partial charge in [-0.25, -0.2) is 4.79 Å². The molecule has 0 fully saturated rings. The largest absolute Gasteiger partial charge is 0.423 e. The number of hydrogen-bond acceptors (Lipinski definition) is 6. The lowest BCUT2D eigenvalue weighted by Gasteiger charge is -2.29. The number of fused-ring (bicyclic) bond motifs is 1. The van der Waals surface area contributed by atoms with Gasteiger partial charge in [0.25, 0.3) is 5.69 Å². The molecule has 1 heterocycles. The predicted molar refractivity (Wildman–Crippen MR) is 69.6 cm³/mol. The van der Waals surface area contributed by atoms with Gasteiger partial charge in [-0.15, -0.1) is 0 Å². The Labute approximate surface area is 114 Å². The lowest BCUT2D eigenvalue weighted by molar-refractivity contribution is -0.384. The van der Waals surface area contributed by atoms with E-state index in [4.69, 9.17) is 4.74 Å². The zero-order valence-corrected chi connectivity index (χ0v) is 11.0. The van der Waals surface area contributed by atoms with E-state index in [0.717, 1.165) is 0 Å². The van der Waals surface area contributed by atoms with Crippen LogP contribution >= 0.6 is 0 Å². The van der Waals surface area contributed by atoms with E-state index in [1.54, 1.807) is 14.1 Å². The van der Waals surface area contributed by atoms with Crippen LogP contribution in [0.5, 0.6) is 5.75 Å². The van der Waals surface area contributed by atoms with Crippen molar-refractivity contribution in [1.82, 2.24) is 4.90 Å². The van der Waals surface area contributed by atoms with Crippen LogP contribution in [0.25, 0.3) is 0 Å². The van der Waals surface area contributed by atoms with E-state index in [0.29, 0.717) is 5.69 Å². The number of ether oxygens (including phenoxy) is 1. The van der Waals surface area contributed by atoms with Crippen molar-refractivity contribution in [2.75, 3.05) is 32.1 Å². The van der Waals surface area contributed by atoms with Crippen molar-refractivity contribution in [2.45, 2.75) is 0 Å². The molecule has 0 aromatic heterocycles. The highest BCUT2D eigenvalue weighted by Crippen LogP contribution is 2.34. The van der Waals surface area contributed by atoms with Crippen LogP contribution in [0, 0.1) is 10.1 Å². The number of non-ortho nitro benzene ring substituents is 1. The quantitative estimate of drug-likeness (QED) is 0.344. The highest BCUT2D eigenvalue weighted by Gasteiger charge is 2.27. The van der Waals surface area contributed by atoms with Crippen molar-refractivity contribution in [3.8, 4) is 5.75 Å². The molecule has 1 aromatic carbocycles. The summed E-state index contributed by atoms with van der Waals surface area (Å²) >= 11 is 0. The van der Waals surface area contributed by atoms with E-state index < -0.39 is 10.9 Å². The number of nitro benzene ring substituents is 1. The third-order valence-electron chi connectivity index (χ3n) is 2.86. The summed E-state index contributed by atoms with van der Waals surface area (Å²) in [5, 5.41) is 10.7. The van der Waals surface area contributed by atoms with Crippen molar-refractivity contribution in [3.63, 3.8) is 0 Å². The Morgan fingerprint density at radius 3 is 2.80 bits per heavy atom. The predicted octanol–water partition coefficient (Wildman–Crippen LogP) is 0.408. The van der Waals surface area contributed by atoms with Crippen molar-refractivity contribution in [2.24, 2.45) is 0 Å². The zero-order chi connectivity index (χ0) is 14.9. The van der Waals surface area contributed by atoms with Gasteiger partial charge in [0.15, 0.2) is 5.75 Å². The van der Waals surface area contributed by atoms with Crippen LogP contribution in [0.1, 0.15) is 0 Å². The van der Waals surface area contributed by atoms with Crippen LogP contribution in [0.4, 0.5) is 11.4 Å². The standard InChI is InChI=1S/C12H13N3O5/c1-13(2)11(16)6-14-7-12(17)20-10-5-8(15(18)19)3-4-9(10)14/h3-5H,6-7H2,1-2H3. The lowest BCUT2D eigenvalue weighted by atomic mass is 10.2. The number of esters is 1. The van der Waals surface area contributed by atoms with Gasteiger partial charge in [0.2, 0.25) is 5.91 Å². The van der Waals surface area contributed by atoms with Gasteiger partial charge in [0, 0.05) is 20.2 Å². The number of nitrogens with zero attached hydrogens (tertiary/aromatic N) is 3. The Hall–Kier alpha value is -2.64. The molecular formula is C12H13N3O5. The number of amides is 1. The molecule has 0 N–H and O–H groups in total. The van der Waals surface area contributed by atoms with E-state index in [-0.39, 0.29) is 30.4 Å². The summed E-state index contributed by atoms with van der Waals surface area (Å²) in [5.41, 5.74) is 0.322. The van der Waals surface area contributed by atoms with Crippen molar-refractivity contribution in [1.29, 1.82) is 0 Å². The lowest BCUT2D eigenvalue weighted by Crippen LogP contribution is -2.43. The molecule has 1 amide bonds. The number of carbonyl (C=O) groups excluding carboxylic acids is 2. The Morgan fingerprint density at radius 2 is 2.20 bits per heavy atom. The van der Waals surface area contributed by atoms with Crippen LogP contribution in [0.2, 0.25) is 0 Å². The molecule has 0 atom stereocenters. The third kappa shape index (κ3) is 2.68. The molecule has 1 aliphatic rings. The van der Waals surface area contributed by atoms with Gasteiger partial charge >= 0.3 is 5.97 Å². The second-order valence-corrected chi connectivity index (χ2v) is 4.53. The number of carbonyl (C=O) groups is 2. The molecule has 0 unspecified atom stereocenters. The van der Waals surface area contributed by atoms with Gasteiger partial charge in [0.1, 0.15) is 6.54 Å². The summed E-state index contributed by atoms with van der Waals surface area (Å²) in [7, 11) is 3.22. The number of nitro groups is 1. The van der Waals surface area contributed by atoms with Crippen LogP contribution in [-0.4, -0.2) is 48.9 Å². The molecule has 106 valence electrons. The molecule has 1 aromatic rings. The number of anilines is 1. The molecule has 8 heteroatoms. The van der Waals surface area contributed by atoms with Gasteiger partial charge in [0.05, 0.1) is 23.2 Å². The molecule has 0 aliphatic carbocycles. The van der Waals surface area contributed by atoms with Gasteiger partial charge in [-0.2, -0.15) is 0 Å². The minimum Gasteiger partial charge on any atom is -0.423 e. The first-order chi connectivity index (χ1) is 9.38. The van der Waals surface area contributed by atoms with E-state index in [1.165, 1.54) is 28.0 Å². The second-order valence-electron chi connectivity index (χ2n) is 4.53. The fourth-order valence-corrected chi connectivity index (χ4v) is 1.80. The van der Waals surface area contributed by atoms with Crippen LogP contribution in [-0.2, 0) is 9.59 Å². The van der Waals surface area contributed by atoms with Gasteiger partial charge in [-0.05, 0) is 6.07 Å². The molecule has 0 radical (unpaired) electrons. The van der Waals surface area contributed by atoms with E-state index in [1.807, 2.05) is 0 Å². The fraction of sp³-hybridized carbons (Fsp3) is 0.333. The highest BCUT2D eigenvalue weighted by molar-refractivity contribution is 5.89. The normalized spacial score (nSPS) is 13.5. The minimum absolute atomic E-state index is 0.00686. The van der Waals surface area contributed by atoms with Crippen LogP contribution < -0.4 is 9.64 Å². The van der Waals surface area contributed by atoms with Crippen molar-refractivity contribution >= 4 is 23.3 Å². The van der Waals surface area contributed by atoms with E-state index in [9.17, 15) is 19.7 Å². The Bertz CT molecular complexity index is 584. The summed E-state index contributed by atoms with van der Waals surface area (Å²) in [6, 6.07) is 3.97. The van der Waals surface area contributed by atoms with Crippen LogP contribution in [0.3, 0.4) is 0 Å². The van der Waals surface area contributed by atoms with Gasteiger partial charge in [-0.1, -0.05) is 0 Å². The fourth-order valence-electron chi connectivity index (χ4n) is 1.80. The molecular weight excluding hydrogens is 266 g/mol. The van der Waals surface area contributed by atoms with Crippen molar-refractivity contribution in [3.05, 3.63) is 28.3 Å². The van der Waals surface area contributed by atoms with Gasteiger partial charge < -0.3 is 14.5 Å². The molecule has 20 heavy (non-hydrogen) atoms. The first kappa shape index (κ1) is 13.8. The van der Waals surface area contributed by atoms with E-state index >= 15 is 0 Å². The second kappa shape index (κ2) is 5.16. The molecule has 2 rings (SSSR count). The molecule has 0 spiro atoms. The maximum atomic E-state index is 11.7. The summed E-state index contributed by atoms with van der Waals surface area (Å²) in [6.07, 6.45) is 0. The summed E-state index contributed by atoms with van der Waals surface area (Å²) in [6.45, 7) is -0.0582. The van der Waals surface area contributed by atoms with Gasteiger partial charge in [-0.3, -0.25) is 14.9 Å². The van der Waals surface area contributed by atoms with Crippen LogP contribution in [0.15, 0.2) is 18.2 Å². The molecule has 0 saturated carbocycles. The Kier molecular flexibility index (Phi) is 3.55. The zero-order valence-electron chi connectivity index (χ0n) is 11.0. The van der Waals surface area contributed by atoms with Crippen molar-refractivity contribution < 1.29 is 19.2 Å². The number of likely N-dealkylation sites (N-methyl/N-ethyl adjacent to an activating group) is 1. The average Bonchev–Trinajstić information content (AvgIpc) is 2.37. The molecule has 0 bridgehead atoms.